The van der Waals surface area contributed by atoms with Gasteiger partial charge < -0.3 is 21.1 Å². The molecule has 0 saturated heterocycles. The SMILES string of the molecule is NC(=O)C#Cc1c[nH]c(=O)c2c1nc(NCc1ccccn1)c1ccc(-c3cccc(CO)c3)cc12. The largest absolute Gasteiger partial charge is 0.392 e. The number of benzene rings is 2. The van der Waals surface area contributed by atoms with E-state index in [0.717, 1.165) is 27.8 Å². The van der Waals surface area contributed by atoms with E-state index in [9.17, 15) is 14.7 Å². The van der Waals surface area contributed by atoms with Crippen molar-refractivity contribution in [3.05, 3.63) is 100 Å². The van der Waals surface area contributed by atoms with Crippen LogP contribution >= 0.6 is 0 Å². The summed E-state index contributed by atoms with van der Waals surface area (Å²) in [5.74, 6) is 4.80. The Bertz CT molecular complexity index is 1730. The molecule has 0 aliphatic carbocycles. The molecule has 5 aromatic rings. The minimum atomic E-state index is -0.783. The van der Waals surface area contributed by atoms with E-state index in [0.29, 0.717) is 34.2 Å². The molecule has 0 bridgehead atoms. The quantitative estimate of drug-likeness (QED) is 0.228. The Hall–Kier alpha value is -5.00. The molecular weight excluding hydrogens is 454 g/mol. The van der Waals surface area contributed by atoms with Gasteiger partial charge in [-0.25, -0.2) is 4.98 Å². The maximum atomic E-state index is 13.0. The van der Waals surface area contributed by atoms with Crippen LogP contribution in [0.5, 0.6) is 0 Å². The first-order valence-electron chi connectivity index (χ1n) is 11.2. The number of aromatic nitrogens is 3. The van der Waals surface area contributed by atoms with Crippen LogP contribution in [0.2, 0.25) is 0 Å². The molecule has 0 aliphatic heterocycles. The molecule has 176 valence electrons. The Balaban J connectivity index is 1.76. The van der Waals surface area contributed by atoms with Gasteiger partial charge in [-0.1, -0.05) is 42.3 Å². The van der Waals surface area contributed by atoms with Gasteiger partial charge in [-0.05, 0) is 41.0 Å². The molecule has 0 saturated carbocycles. The molecule has 0 radical (unpaired) electrons. The highest BCUT2D eigenvalue weighted by molar-refractivity contribution is 6.12. The van der Waals surface area contributed by atoms with Crippen molar-refractivity contribution in [1.29, 1.82) is 0 Å². The van der Waals surface area contributed by atoms with E-state index in [4.69, 9.17) is 10.7 Å². The van der Waals surface area contributed by atoms with Gasteiger partial charge in [-0.2, -0.15) is 0 Å². The summed E-state index contributed by atoms with van der Waals surface area (Å²) in [5.41, 5.74) is 8.99. The second-order valence-corrected chi connectivity index (χ2v) is 8.12. The van der Waals surface area contributed by atoms with Gasteiger partial charge in [0.1, 0.15) is 5.82 Å². The number of amides is 1. The van der Waals surface area contributed by atoms with Crippen LogP contribution in [0.4, 0.5) is 5.82 Å². The van der Waals surface area contributed by atoms with Crippen molar-refractivity contribution < 1.29 is 9.90 Å². The number of primary amides is 1. The standard InChI is InChI=1S/C28H21N5O3/c29-24(35)10-8-20-14-32-28(36)25-23-13-19(18-5-3-4-17(12-18)16-34)7-9-22(23)27(33-26(20)25)31-15-21-6-1-2-11-30-21/h1-7,9,11-14,34H,15-16H2,(H2,29,35)(H,31,33)(H,32,36). The minimum Gasteiger partial charge on any atom is -0.392 e. The summed E-state index contributed by atoms with van der Waals surface area (Å²) in [6, 6.07) is 19.0. The van der Waals surface area contributed by atoms with Crippen molar-refractivity contribution in [3.63, 3.8) is 0 Å². The van der Waals surface area contributed by atoms with Gasteiger partial charge in [0.25, 0.3) is 11.5 Å². The molecule has 5 N–H and O–H groups in total. The van der Waals surface area contributed by atoms with Crippen molar-refractivity contribution in [2.24, 2.45) is 5.73 Å². The number of pyridine rings is 3. The highest BCUT2D eigenvalue weighted by atomic mass is 16.3. The second-order valence-electron chi connectivity index (χ2n) is 8.12. The number of hydrogen-bond acceptors (Lipinski definition) is 6. The minimum absolute atomic E-state index is 0.0720. The van der Waals surface area contributed by atoms with Crippen LogP contribution in [0.3, 0.4) is 0 Å². The van der Waals surface area contributed by atoms with Gasteiger partial charge in [-0.15, -0.1) is 0 Å². The van der Waals surface area contributed by atoms with Crippen molar-refractivity contribution in [2.75, 3.05) is 5.32 Å². The van der Waals surface area contributed by atoms with Crippen molar-refractivity contribution >= 4 is 33.4 Å². The van der Waals surface area contributed by atoms with Crippen LogP contribution in [0.15, 0.2) is 77.9 Å². The number of anilines is 1. The van der Waals surface area contributed by atoms with E-state index < -0.39 is 5.91 Å². The fourth-order valence-corrected chi connectivity index (χ4v) is 4.08. The monoisotopic (exact) mass is 475 g/mol. The zero-order valence-corrected chi connectivity index (χ0v) is 19.1. The summed E-state index contributed by atoms with van der Waals surface area (Å²) in [7, 11) is 0. The molecule has 8 nitrogen and oxygen atoms in total. The summed E-state index contributed by atoms with van der Waals surface area (Å²) in [5, 5.41) is 14.6. The van der Waals surface area contributed by atoms with E-state index in [1.54, 1.807) is 6.20 Å². The number of carbonyl (C=O) groups excluding carboxylic acids is 1. The Morgan fingerprint density at radius 2 is 1.92 bits per heavy atom. The molecular formula is C28H21N5O3. The average Bonchev–Trinajstić information content (AvgIpc) is 2.91. The summed E-state index contributed by atoms with van der Waals surface area (Å²) >= 11 is 0. The van der Waals surface area contributed by atoms with Gasteiger partial charge in [0, 0.05) is 29.1 Å². The summed E-state index contributed by atoms with van der Waals surface area (Å²) in [6.45, 7) is 0.345. The first kappa shape index (κ1) is 22.8. The lowest BCUT2D eigenvalue weighted by Crippen LogP contribution is -2.11. The number of rotatable bonds is 5. The number of aliphatic hydroxyl groups is 1. The number of nitrogens with zero attached hydrogens (tertiary/aromatic N) is 2. The molecule has 8 heteroatoms. The maximum absolute atomic E-state index is 13.0. The van der Waals surface area contributed by atoms with Crippen LogP contribution in [0, 0.1) is 11.8 Å². The van der Waals surface area contributed by atoms with Gasteiger partial charge in [0.2, 0.25) is 0 Å². The van der Waals surface area contributed by atoms with Crippen molar-refractivity contribution in [1.82, 2.24) is 15.0 Å². The number of hydrogen-bond donors (Lipinski definition) is 4. The average molecular weight is 476 g/mol. The smallest absolute Gasteiger partial charge is 0.293 e. The lowest BCUT2D eigenvalue weighted by Gasteiger charge is -2.13. The Labute approximate surface area is 205 Å². The predicted molar refractivity (Wildman–Crippen MR) is 139 cm³/mol. The van der Waals surface area contributed by atoms with E-state index >= 15 is 0 Å². The molecule has 5 rings (SSSR count). The summed E-state index contributed by atoms with van der Waals surface area (Å²) < 4.78 is 0. The normalized spacial score (nSPS) is 10.7. The van der Waals surface area contributed by atoms with Crippen LogP contribution in [0.1, 0.15) is 16.8 Å². The first-order chi connectivity index (χ1) is 17.5. The first-order valence-corrected chi connectivity index (χ1v) is 11.2. The maximum Gasteiger partial charge on any atom is 0.293 e. The fraction of sp³-hybridized carbons (Fsp3) is 0.0714. The van der Waals surface area contributed by atoms with Crippen molar-refractivity contribution in [3.8, 4) is 23.0 Å². The predicted octanol–water partition coefficient (Wildman–Crippen LogP) is 3.08. The molecule has 1 amide bonds. The molecule has 0 atom stereocenters. The van der Waals surface area contributed by atoms with Gasteiger partial charge in [0.15, 0.2) is 0 Å². The molecule has 0 aliphatic rings. The summed E-state index contributed by atoms with van der Waals surface area (Å²) in [4.78, 5) is 36.1. The molecule has 0 spiro atoms. The Morgan fingerprint density at radius 3 is 2.69 bits per heavy atom. The highest BCUT2D eigenvalue weighted by Crippen LogP contribution is 2.33. The molecule has 3 heterocycles. The lowest BCUT2D eigenvalue weighted by atomic mass is 9.97. The zero-order chi connectivity index (χ0) is 25.1. The van der Waals surface area contributed by atoms with Gasteiger partial charge >= 0.3 is 0 Å². The zero-order valence-electron chi connectivity index (χ0n) is 19.1. The molecule has 0 unspecified atom stereocenters. The highest BCUT2D eigenvalue weighted by Gasteiger charge is 2.15. The number of aliphatic hydroxyl groups excluding tert-OH is 1. The number of fused-ring (bicyclic) bond motifs is 3. The number of nitrogens with two attached hydrogens (primary N) is 1. The molecule has 0 fully saturated rings. The number of aromatic amines is 1. The molecule has 2 aromatic carbocycles. The van der Waals surface area contributed by atoms with E-state index in [2.05, 4.69) is 27.1 Å². The number of carbonyl (C=O) groups is 1. The van der Waals surface area contributed by atoms with Crippen LogP contribution in [-0.2, 0) is 17.9 Å². The second kappa shape index (κ2) is 9.70. The number of nitrogens with one attached hydrogen (secondary N) is 2. The Kier molecular flexibility index (Phi) is 6.14. The third-order valence-corrected chi connectivity index (χ3v) is 5.76. The van der Waals surface area contributed by atoms with E-state index in [1.165, 1.54) is 6.20 Å². The third-order valence-electron chi connectivity index (χ3n) is 5.76. The lowest BCUT2D eigenvalue weighted by molar-refractivity contribution is -0.112. The third kappa shape index (κ3) is 4.51. The molecule has 36 heavy (non-hydrogen) atoms. The van der Waals surface area contributed by atoms with Crippen molar-refractivity contribution in [2.45, 2.75) is 13.2 Å². The van der Waals surface area contributed by atoms with Crippen LogP contribution < -0.4 is 16.6 Å². The van der Waals surface area contributed by atoms with Crippen LogP contribution in [-0.4, -0.2) is 26.0 Å². The van der Waals surface area contributed by atoms with Gasteiger partial charge in [0.05, 0.1) is 35.3 Å². The van der Waals surface area contributed by atoms with Gasteiger partial charge in [-0.3, -0.25) is 14.6 Å². The van der Waals surface area contributed by atoms with E-state index in [1.807, 2.05) is 60.7 Å². The topological polar surface area (TPSA) is 134 Å². The fourth-order valence-electron chi connectivity index (χ4n) is 4.08. The Morgan fingerprint density at radius 1 is 1.06 bits per heavy atom. The number of H-pyrrole nitrogens is 1. The molecule has 3 aromatic heterocycles. The van der Waals surface area contributed by atoms with E-state index in [-0.39, 0.29) is 12.2 Å². The summed E-state index contributed by atoms with van der Waals surface area (Å²) in [6.07, 6.45) is 3.14. The van der Waals surface area contributed by atoms with Crippen LogP contribution in [0.25, 0.3) is 32.8 Å².